The largest absolute Gasteiger partial charge is 0.495 e. The van der Waals surface area contributed by atoms with Crippen LogP contribution in [-0.2, 0) is 10.0 Å². The van der Waals surface area contributed by atoms with Gasteiger partial charge in [-0.25, -0.2) is 8.42 Å². The highest BCUT2D eigenvalue weighted by atomic mass is 35.5. The minimum atomic E-state index is -3.64. The summed E-state index contributed by atoms with van der Waals surface area (Å²) in [6.07, 6.45) is 1.72. The third kappa shape index (κ3) is 4.25. The monoisotopic (exact) mass is 389 g/mol. The van der Waals surface area contributed by atoms with Gasteiger partial charge in [-0.1, -0.05) is 0 Å². The van der Waals surface area contributed by atoms with Gasteiger partial charge in [0.15, 0.2) is 0 Å². The van der Waals surface area contributed by atoms with E-state index in [1.165, 1.54) is 17.5 Å². The summed E-state index contributed by atoms with van der Waals surface area (Å²) in [6.45, 7) is 3.41. The lowest BCUT2D eigenvalue weighted by atomic mass is 10.0. The predicted octanol–water partition coefficient (Wildman–Crippen LogP) is 0.851. The van der Waals surface area contributed by atoms with Crippen molar-refractivity contribution in [2.75, 3.05) is 39.8 Å². The van der Waals surface area contributed by atoms with Gasteiger partial charge in [0.1, 0.15) is 10.6 Å². The van der Waals surface area contributed by atoms with E-state index in [0.717, 1.165) is 25.9 Å². The van der Waals surface area contributed by atoms with Gasteiger partial charge >= 0.3 is 0 Å². The second kappa shape index (κ2) is 8.35. The quantitative estimate of drug-likeness (QED) is 0.753. The number of benzene rings is 1. The van der Waals surface area contributed by atoms with Gasteiger partial charge in [-0.15, -0.1) is 12.4 Å². The van der Waals surface area contributed by atoms with Crippen molar-refractivity contribution in [3.05, 3.63) is 23.8 Å². The van der Waals surface area contributed by atoms with E-state index in [9.17, 15) is 13.2 Å². The minimum absolute atomic E-state index is 0. The Morgan fingerprint density at radius 2 is 2.00 bits per heavy atom. The maximum absolute atomic E-state index is 12.8. The number of ether oxygens (including phenoxy) is 1. The summed E-state index contributed by atoms with van der Waals surface area (Å²) < 4.78 is 32.3. The SMILES string of the molecule is COc1ccc(C(=O)NCC2CNC2)cc1S(=O)(=O)N1CCCC1.Cl. The van der Waals surface area contributed by atoms with Crippen LogP contribution < -0.4 is 15.4 Å². The molecule has 2 aliphatic heterocycles. The first-order valence-corrected chi connectivity index (χ1v) is 9.63. The molecule has 140 valence electrons. The Kier molecular flexibility index (Phi) is 6.67. The van der Waals surface area contributed by atoms with Crippen molar-refractivity contribution >= 4 is 28.3 Å². The highest BCUT2D eigenvalue weighted by Crippen LogP contribution is 2.29. The number of nitrogens with one attached hydrogen (secondary N) is 2. The van der Waals surface area contributed by atoms with E-state index in [0.29, 0.717) is 31.1 Å². The molecular weight excluding hydrogens is 366 g/mol. The molecule has 0 spiro atoms. The van der Waals surface area contributed by atoms with E-state index in [1.54, 1.807) is 12.1 Å². The molecule has 7 nitrogen and oxygen atoms in total. The molecule has 2 fully saturated rings. The molecule has 2 N–H and O–H groups in total. The number of amides is 1. The predicted molar refractivity (Wildman–Crippen MR) is 96.9 cm³/mol. The number of sulfonamides is 1. The molecule has 2 aliphatic rings. The van der Waals surface area contributed by atoms with E-state index >= 15 is 0 Å². The van der Waals surface area contributed by atoms with Crippen LogP contribution in [0.25, 0.3) is 0 Å². The Morgan fingerprint density at radius 1 is 1.32 bits per heavy atom. The molecule has 2 saturated heterocycles. The average molecular weight is 390 g/mol. The van der Waals surface area contributed by atoms with Crippen molar-refractivity contribution in [3.63, 3.8) is 0 Å². The molecule has 1 aromatic carbocycles. The highest BCUT2D eigenvalue weighted by Gasteiger charge is 2.30. The molecule has 0 aromatic heterocycles. The van der Waals surface area contributed by atoms with Crippen molar-refractivity contribution in [1.82, 2.24) is 14.9 Å². The van der Waals surface area contributed by atoms with Gasteiger partial charge in [0.2, 0.25) is 10.0 Å². The molecular formula is C16H24ClN3O4S. The molecule has 1 amide bonds. The van der Waals surface area contributed by atoms with Gasteiger partial charge in [-0.05, 0) is 31.0 Å². The zero-order valence-electron chi connectivity index (χ0n) is 14.2. The van der Waals surface area contributed by atoms with Crippen molar-refractivity contribution < 1.29 is 17.9 Å². The second-order valence-corrected chi connectivity index (χ2v) is 8.12. The maximum atomic E-state index is 12.8. The Labute approximate surface area is 154 Å². The maximum Gasteiger partial charge on any atom is 0.251 e. The number of hydrogen-bond acceptors (Lipinski definition) is 5. The van der Waals surface area contributed by atoms with Crippen LogP contribution in [0.1, 0.15) is 23.2 Å². The van der Waals surface area contributed by atoms with Crippen molar-refractivity contribution in [3.8, 4) is 5.75 Å². The highest BCUT2D eigenvalue weighted by molar-refractivity contribution is 7.89. The molecule has 0 radical (unpaired) electrons. The topological polar surface area (TPSA) is 87.7 Å². The Balaban J connectivity index is 0.00000225. The van der Waals surface area contributed by atoms with Gasteiger partial charge in [0, 0.05) is 44.2 Å². The summed E-state index contributed by atoms with van der Waals surface area (Å²) in [5.41, 5.74) is 0.334. The first-order valence-electron chi connectivity index (χ1n) is 8.19. The smallest absolute Gasteiger partial charge is 0.251 e. The normalized spacial score (nSPS) is 18.3. The lowest BCUT2D eigenvalue weighted by molar-refractivity contribution is 0.0942. The second-order valence-electron chi connectivity index (χ2n) is 6.21. The molecule has 25 heavy (non-hydrogen) atoms. The molecule has 0 aliphatic carbocycles. The molecule has 0 atom stereocenters. The van der Waals surface area contributed by atoms with Gasteiger partial charge in [-0.2, -0.15) is 4.31 Å². The van der Waals surface area contributed by atoms with E-state index in [4.69, 9.17) is 4.74 Å². The van der Waals surface area contributed by atoms with Crippen molar-refractivity contribution in [1.29, 1.82) is 0 Å². The molecule has 1 aromatic rings. The van der Waals surface area contributed by atoms with E-state index in [1.807, 2.05) is 0 Å². The molecule has 9 heteroatoms. The number of carbonyl (C=O) groups excluding carboxylic acids is 1. The van der Waals surface area contributed by atoms with Crippen LogP contribution >= 0.6 is 12.4 Å². The summed E-state index contributed by atoms with van der Waals surface area (Å²) in [4.78, 5) is 12.4. The number of hydrogen-bond donors (Lipinski definition) is 2. The fraction of sp³-hybridized carbons (Fsp3) is 0.562. The number of nitrogens with zero attached hydrogens (tertiary/aromatic N) is 1. The molecule has 0 bridgehead atoms. The first-order chi connectivity index (χ1) is 11.5. The molecule has 0 saturated carbocycles. The van der Waals surface area contributed by atoms with Crippen molar-refractivity contribution in [2.24, 2.45) is 5.92 Å². The Hall–Kier alpha value is -1.35. The number of methoxy groups -OCH3 is 1. The van der Waals surface area contributed by atoms with Crippen LogP contribution in [0.3, 0.4) is 0 Å². The zero-order chi connectivity index (χ0) is 17.2. The molecule has 0 unspecified atom stereocenters. The number of halogens is 1. The third-order valence-corrected chi connectivity index (χ3v) is 6.45. The van der Waals surface area contributed by atoms with Crippen LogP contribution in [0.2, 0.25) is 0 Å². The van der Waals surface area contributed by atoms with E-state index in [2.05, 4.69) is 10.6 Å². The fourth-order valence-electron chi connectivity index (χ4n) is 2.92. The summed E-state index contributed by atoms with van der Waals surface area (Å²) in [5.74, 6) is 0.448. The average Bonchev–Trinajstić information content (AvgIpc) is 3.08. The first kappa shape index (κ1) is 20.0. The van der Waals surface area contributed by atoms with Gasteiger partial charge in [-0.3, -0.25) is 4.79 Å². The minimum Gasteiger partial charge on any atom is -0.495 e. The van der Waals surface area contributed by atoms with Gasteiger partial charge in [0.25, 0.3) is 5.91 Å². The van der Waals surface area contributed by atoms with Gasteiger partial charge < -0.3 is 15.4 Å². The summed E-state index contributed by atoms with van der Waals surface area (Å²) in [7, 11) is -2.21. The zero-order valence-corrected chi connectivity index (χ0v) is 15.8. The van der Waals surface area contributed by atoms with Crippen LogP contribution in [-0.4, -0.2) is 58.5 Å². The number of carbonyl (C=O) groups is 1. The van der Waals surface area contributed by atoms with Crippen LogP contribution in [0.5, 0.6) is 5.75 Å². The summed E-state index contributed by atoms with van der Waals surface area (Å²) >= 11 is 0. The lowest BCUT2D eigenvalue weighted by Crippen LogP contribution is -2.48. The van der Waals surface area contributed by atoms with Crippen LogP contribution in [0.4, 0.5) is 0 Å². The van der Waals surface area contributed by atoms with E-state index < -0.39 is 10.0 Å². The Morgan fingerprint density at radius 3 is 2.56 bits per heavy atom. The standard InChI is InChI=1S/C16H23N3O4S.ClH/c1-23-14-5-4-13(16(20)18-11-12-9-17-10-12)8-15(14)24(21,22)19-6-2-3-7-19;/h4-5,8,12,17H,2-3,6-7,9-11H2,1H3,(H,18,20);1H. The lowest BCUT2D eigenvalue weighted by Gasteiger charge is -2.27. The fourth-order valence-corrected chi connectivity index (χ4v) is 4.62. The van der Waals surface area contributed by atoms with Gasteiger partial charge in [0.05, 0.1) is 7.11 Å². The summed E-state index contributed by atoms with van der Waals surface area (Å²) in [6, 6.07) is 4.56. The van der Waals surface area contributed by atoms with Crippen LogP contribution in [0.15, 0.2) is 23.1 Å². The Bertz CT molecular complexity index is 716. The number of rotatable bonds is 6. The van der Waals surface area contributed by atoms with Crippen molar-refractivity contribution in [2.45, 2.75) is 17.7 Å². The van der Waals surface area contributed by atoms with Crippen LogP contribution in [0, 0.1) is 5.92 Å². The summed E-state index contributed by atoms with van der Waals surface area (Å²) in [5, 5.41) is 6.01. The third-order valence-electron chi connectivity index (χ3n) is 4.53. The van der Waals surface area contributed by atoms with E-state index in [-0.39, 0.29) is 29.0 Å². The molecule has 3 rings (SSSR count). The molecule has 2 heterocycles.